The second-order valence-electron chi connectivity index (χ2n) is 8.06. The van der Waals surface area contributed by atoms with Crippen molar-refractivity contribution < 1.29 is 23.9 Å². The highest BCUT2D eigenvalue weighted by Crippen LogP contribution is 2.28. The third-order valence-electron chi connectivity index (χ3n) is 4.31. The van der Waals surface area contributed by atoms with Gasteiger partial charge in [0.25, 0.3) is 7.41 Å². The molecular formula is C21H31BCl2N2O5. The van der Waals surface area contributed by atoms with Crippen LogP contribution in [0.2, 0.25) is 0 Å². The van der Waals surface area contributed by atoms with Crippen LogP contribution in [0.25, 0.3) is 0 Å². The normalized spacial score (nSPS) is 12.1. The van der Waals surface area contributed by atoms with E-state index in [1.54, 1.807) is 12.1 Å². The molecule has 0 aliphatic carbocycles. The Labute approximate surface area is 195 Å². The van der Waals surface area contributed by atoms with Crippen molar-refractivity contribution in [3.8, 4) is 5.75 Å². The second-order valence-corrected chi connectivity index (χ2v) is 8.82. The average molecular weight is 473 g/mol. The fourth-order valence-electron chi connectivity index (χ4n) is 2.98. The van der Waals surface area contributed by atoms with Crippen LogP contribution < -0.4 is 9.96 Å². The van der Waals surface area contributed by atoms with Gasteiger partial charge in [0.05, 0.1) is 12.6 Å². The lowest BCUT2D eigenvalue weighted by Gasteiger charge is -2.24. The number of nitrogens with zero attached hydrogens (tertiary/aromatic N) is 1. The van der Waals surface area contributed by atoms with E-state index in [-0.39, 0.29) is 37.5 Å². The van der Waals surface area contributed by atoms with Gasteiger partial charge in [0.1, 0.15) is 11.4 Å². The lowest BCUT2D eigenvalue weighted by molar-refractivity contribution is -0.155. The smallest absolute Gasteiger partial charge is 0.415 e. The van der Waals surface area contributed by atoms with Gasteiger partial charge in [0.15, 0.2) is 0 Å². The van der Waals surface area contributed by atoms with Crippen LogP contribution in [0.4, 0.5) is 4.79 Å². The Kier molecular flexibility index (Phi) is 12.0. The number of nitrogens with one attached hydrogen (secondary N) is 1. The summed E-state index contributed by atoms with van der Waals surface area (Å²) in [5.41, 5.74) is 1.16. The number of carbonyl (C=O) groups is 3. The highest BCUT2D eigenvalue weighted by Gasteiger charge is 2.24. The first-order valence-electron chi connectivity index (χ1n) is 10.2. The molecule has 10 heteroatoms. The second kappa shape index (κ2) is 13.6. The third-order valence-corrected chi connectivity index (χ3v) is 4.65. The molecule has 0 radical (unpaired) electrons. The van der Waals surface area contributed by atoms with Crippen molar-refractivity contribution in [1.29, 1.82) is 0 Å². The summed E-state index contributed by atoms with van der Waals surface area (Å²) in [6.07, 6.45) is 0.336. The SMILES string of the molecule is Cc1ccc(OC(=O)N(CCCl)CCCl)cc1C(CNBC=O)CC(=O)OC(C)(C)C. The maximum absolute atomic E-state index is 12.5. The third kappa shape index (κ3) is 10.4. The molecule has 7 nitrogen and oxygen atoms in total. The van der Waals surface area contributed by atoms with Gasteiger partial charge in [-0.05, 0) is 57.5 Å². The number of ether oxygens (including phenoxy) is 2. The maximum atomic E-state index is 12.5. The summed E-state index contributed by atoms with van der Waals surface area (Å²) in [4.78, 5) is 37.1. The number of hydrogen-bond donors (Lipinski definition) is 1. The van der Waals surface area contributed by atoms with Crippen molar-refractivity contribution in [2.75, 3.05) is 31.4 Å². The van der Waals surface area contributed by atoms with Crippen molar-refractivity contribution in [3.05, 3.63) is 29.3 Å². The fourth-order valence-corrected chi connectivity index (χ4v) is 3.39. The standard InChI is InChI=1S/C21H31BCl2N2O5/c1-15-5-6-17(30-20(29)26(9-7-23)10-8-24)12-18(15)16(13-25-22-14-27)11-19(28)31-21(2,3)4/h5-6,12,14,16,22,25H,7-11,13H2,1-4H3. The van der Waals surface area contributed by atoms with Crippen molar-refractivity contribution in [2.24, 2.45) is 0 Å². The molecule has 31 heavy (non-hydrogen) atoms. The lowest BCUT2D eigenvalue weighted by Crippen LogP contribution is -2.36. The number of rotatable bonds is 12. The van der Waals surface area contributed by atoms with Crippen molar-refractivity contribution in [3.63, 3.8) is 0 Å². The summed E-state index contributed by atoms with van der Waals surface area (Å²) in [6.45, 7) is 8.37. The molecule has 0 aromatic heterocycles. The van der Waals surface area contributed by atoms with Crippen molar-refractivity contribution >= 4 is 48.9 Å². The summed E-state index contributed by atoms with van der Waals surface area (Å²) < 4.78 is 11.0. The van der Waals surface area contributed by atoms with Crippen LogP contribution in [0, 0.1) is 6.92 Å². The van der Waals surface area contributed by atoms with Gasteiger partial charge in [0.2, 0.25) is 0 Å². The zero-order chi connectivity index (χ0) is 23.4. The molecule has 1 unspecified atom stereocenters. The molecular weight excluding hydrogens is 442 g/mol. The van der Waals surface area contributed by atoms with E-state index in [1.807, 2.05) is 33.8 Å². The summed E-state index contributed by atoms with van der Waals surface area (Å²) in [5.74, 6) is 0.277. The van der Waals surface area contributed by atoms with Crippen molar-refractivity contribution in [1.82, 2.24) is 10.1 Å². The van der Waals surface area contributed by atoms with Crippen LogP contribution >= 0.6 is 23.2 Å². The number of alkyl halides is 2. The van der Waals surface area contributed by atoms with Crippen LogP contribution in [0.3, 0.4) is 0 Å². The van der Waals surface area contributed by atoms with E-state index < -0.39 is 11.7 Å². The first-order valence-corrected chi connectivity index (χ1v) is 11.2. The molecule has 1 aromatic rings. The van der Waals surface area contributed by atoms with E-state index in [9.17, 15) is 14.4 Å². The zero-order valence-corrected chi connectivity index (χ0v) is 20.1. The molecule has 1 rings (SSSR count). The first kappa shape index (κ1) is 27.3. The van der Waals surface area contributed by atoms with E-state index in [4.69, 9.17) is 32.7 Å². The summed E-state index contributed by atoms with van der Waals surface area (Å²) in [6, 6.07) is 5.26. The number of amides is 1. The summed E-state index contributed by atoms with van der Waals surface area (Å²) in [7, 11) is 0.171. The molecule has 0 fully saturated rings. The first-order chi connectivity index (χ1) is 14.6. The zero-order valence-electron chi connectivity index (χ0n) is 18.6. The molecule has 0 saturated heterocycles. The van der Waals surface area contributed by atoms with Gasteiger partial charge in [-0.3, -0.25) is 4.79 Å². The van der Waals surface area contributed by atoms with Gasteiger partial charge in [-0.2, -0.15) is 0 Å². The highest BCUT2D eigenvalue weighted by atomic mass is 35.5. The van der Waals surface area contributed by atoms with Gasteiger partial charge >= 0.3 is 12.1 Å². The van der Waals surface area contributed by atoms with Crippen LogP contribution in [-0.4, -0.2) is 67.6 Å². The van der Waals surface area contributed by atoms with Gasteiger partial charge in [0, 0.05) is 30.8 Å². The Morgan fingerprint density at radius 2 is 1.87 bits per heavy atom. The summed E-state index contributed by atoms with van der Waals surface area (Å²) >= 11 is 11.5. The molecule has 0 saturated carbocycles. The lowest BCUT2D eigenvalue weighted by atomic mass is 9.89. The predicted molar refractivity (Wildman–Crippen MR) is 125 cm³/mol. The van der Waals surface area contributed by atoms with Gasteiger partial charge in [-0.1, -0.05) is 6.07 Å². The quantitative estimate of drug-likeness (QED) is 0.165. The molecule has 1 amide bonds. The number of halogens is 2. The van der Waals surface area contributed by atoms with Crippen LogP contribution in [-0.2, 0) is 14.3 Å². The molecule has 1 atom stereocenters. The molecule has 172 valence electrons. The molecule has 1 N–H and O–H groups in total. The monoisotopic (exact) mass is 472 g/mol. The van der Waals surface area contributed by atoms with Gasteiger partial charge < -0.3 is 24.4 Å². The van der Waals surface area contributed by atoms with E-state index in [0.717, 1.165) is 17.3 Å². The molecule has 0 heterocycles. The Bertz CT molecular complexity index is 737. The maximum Gasteiger partial charge on any atom is 0.415 e. The average Bonchev–Trinajstić information content (AvgIpc) is 2.67. The number of aryl methyl sites for hydroxylation is 1. The van der Waals surface area contributed by atoms with E-state index in [0.29, 0.717) is 25.4 Å². The Morgan fingerprint density at radius 1 is 1.23 bits per heavy atom. The van der Waals surface area contributed by atoms with Gasteiger partial charge in [-0.25, -0.2) is 4.79 Å². The predicted octanol–water partition coefficient (Wildman–Crippen LogP) is 3.22. The minimum Gasteiger partial charge on any atom is -0.460 e. The van der Waals surface area contributed by atoms with E-state index in [2.05, 4.69) is 5.23 Å². The number of hydrogen-bond acceptors (Lipinski definition) is 6. The largest absolute Gasteiger partial charge is 0.460 e. The van der Waals surface area contributed by atoms with E-state index in [1.165, 1.54) is 4.90 Å². The molecule has 1 aromatic carbocycles. The summed E-state index contributed by atoms with van der Waals surface area (Å²) in [5, 5.41) is 3.02. The van der Waals surface area contributed by atoms with E-state index >= 15 is 0 Å². The Hall–Kier alpha value is -1.77. The number of carbonyl (C=O) groups excluding carboxylic acids is 3. The Balaban J connectivity index is 3.07. The topological polar surface area (TPSA) is 84.9 Å². The molecule has 0 aliphatic heterocycles. The minimum atomic E-state index is -0.599. The fraction of sp³-hybridized carbons (Fsp3) is 0.571. The minimum absolute atomic E-state index is 0.117. The highest BCUT2D eigenvalue weighted by molar-refractivity contribution is 6.64. The Morgan fingerprint density at radius 3 is 2.42 bits per heavy atom. The molecule has 0 spiro atoms. The van der Waals surface area contributed by atoms with Crippen LogP contribution in [0.5, 0.6) is 5.75 Å². The molecule has 0 bridgehead atoms. The molecule has 0 aliphatic rings. The number of benzene rings is 1. The van der Waals surface area contributed by atoms with Crippen LogP contribution in [0.15, 0.2) is 18.2 Å². The van der Waals surface area contributed by atoms with Crippen molar-refractivity contribution in [2.45, 2.75) is 45.6 Å². The number of esters is 1. The van der Waals surface area contributed by atoms with Gasteiger partial charge in [-0.15, -0.1) is 23.2 Å². The van der Waals surface area contributed by atoms with Crippen LogP contribution in [0.1, 0.15) is 44.2 Å².